The van der Waals surface area contributed by atoms with Crippen LogP contribution in [0.25, 0.3) is 5.65 Å². The molecule has 53 heavy (non-hydrogen) atoms. The van der Waals surface area contributed by atoms with Crippen molar-refractivity contribution >= 4 is 51.1 Å². The summed E-state index contributed by atoms with van der Waals surface area (Å²) in [7, 11) is -3.62. The van der Waals surface area contributed by atoms with Gasteiger partial charge in [0.2, 0.25) is 10.0 Å². The quantitative estimate of drug-likeness (QED) is 0.300. The monoisotopic (exact) mass is 753 g/mol. The highest BCUT2D eigenvalue weighted by Gasteiger charge is 2.37. The Labute approximate surface area is 310 Å². The number of aryl methyl sites for hydroxylation is 1. The van der Waals surface area contributed by atoms with E-state index in [-0.39, 0.29) is 35.3 Å². The Bertz CT molecular complexity index is 1990. The molecular formula is C36H51N9O7S. The van der Waals surface area contributed by atoms with Gasteiger partial charge in [0, 0.05) is 44.9 Å². The van der Waals surface area contributed by atoms with Crippen molar-refractivity contribution < 1.29 is 32.3 Å². The zero-order valence-corrected chi connectivity index (χ0v) is 32.5. The van der Waals surface area contributed by atoms with E-state index in [1.165, 1.54) is 0 Å². The number of alkyl carbamates (subject to hydrolysis) is 2. The van der Waals surface area contributed by atoms with Crippen molar-refractivity contribution in [2.75, 3.05) is 53.5 Å². The number of aromatic nitrogens is 3. The average molecular weight is 754 g/mol. The van der Waals surface area contributed by atoms with Crippen molar-refractivity contribution in [3.05, 3.63) is 47.2 Å². The number of sulfonamides is 1. The normalized spacial score (nSPS) is 18.6. The van der Waals surface area contributed by atoms with Gasteiger partial charge < -0.3 is 34.8 Å². The summed E-state index contributed by atoms with van der Waals surface area (Å²) in [5.41, 5.74) is 1.40. The van der Waals surface area contributed by atoms with Crippen LogP contribution in [0, 0.1) is 6.92 Å². The number of hydrogen-bond donors (Lipinski definition) is 3. The van der Waals surface area contributed by atoms with E-state index in [4.69, 9.17) is 19.6 Å². The lowest BCUT2D eigenvalue weighted by atomic mass is 9.97. The van der Waals surface area contributed by atoms with Gasteiger partial charge in [-0.25, -0.2) is 23.0 Å². The van der Waals surface area contributed by atoms with Gasteiger partial charge in [-0.1, -0.05) is 11.6 Å². The molecule has 3 N–H and O–H groups in total. The number of nitrogens with zero attached hydrogens (tertiary/aromatic N) is 6. The third kappa shape index (κ3) is 9.23. The maximum atomic E-state index is 14.2. The highest BCUT2D eigenvalue weighted by molar-refractivity contribution is 7.92. The van der Waals surface area contributed by atoms with Gasteiger partial charge in [-0.15, -0.1) is 0 Å². The highest BCUT2D eigenvalue weighted by atomic mass is 32.2. The zero-order valence-electron chi connectivity index (χ0n) is 31.7. The number of benzene rings is 1. The smallest absolute Gasteiger partial charge is 0.407 e. The molecule has 0 saturated carbocycles. The minimum atomic E-state index is -3.62. The SMILES string of the molecule is Cc1ccc(NS(C)(=O)=O)c(C(=O)N2CCCC[C@H]2c2cc3nc(N4CC(NC(=O)OC(C)(C)C)C4)cc(N4CC(NC(=O)OC(C)(C)C)C4)n3n2)c1. The number of carbonyl (C=O) groups is 3. The van der Waals surface area contributed by atoms with Crippen LogP contribution in [0.15, 0.2) is 30.3 Å². The van der Waals surface area contributed by atoms with E-state index in [0.29, 0.717) is 56.3 Å². The number of piperidine rings is 1. The van der Waals surface area contributed by atoms with E-state index in [2.05, 4.69) is 25.2 Å². The standard InChI is InChI=1S/C36H51N9O7S/c1-22-12-13-26(41-53(8,49)50)25(15-22)32(46)44-14-10-9-11-28(44)27-16-30-39-29(42-18-23(19-42)37-33(47)51-35(2,3)4)17-31(45(30)40-27)43-20-24(21-43)38-34(48)52-36(5,6)7/h12-13,15-17,23-24,28,41H,9-11,14,18-21H2,1-8H3,(H,37,47)(H,38,48)/t28-/m0/s1. The molecule has 6 rings (SSSR count). The van der Waals surface area contributed by atoms with Crippen LogP contribution in [0.1, 0.15) is 88.5 Å². The fourth-order valence-corrected chi connectivity index (χ4v) is 7.31. The van der Waals surface area contributed by atoms with Gasteiger partial charge in [-0.3, -0.25) is 9.52 Å². The van der Waals surface area contributed by atoms with E-state index >= 15 is 0 Å². The molecule has 0 radical (unpaired) electrons. The van der Waals surface area contributed by atoms with Crippen LogP contribution >= 0.6 is 0 Å². The lowest BCUT2D eigenvalue weighted by Crippen LogP contribution is -2.61. The molecule has 3 fully saturated rings. The maximum absolute atomic E-state index is 14.2. The topological polar surface area (TPSA) is 180 Å². The van der Waals surface area contributed by atoms with Crippen LogP contribution < -0.4 is 25.2 Å². The number of rotatable bonds is 8. The summed E-state index contributed by atoms with van der Waals surface area (Å²) in [5.74, 6) is 1.20. The number of hydrogen-bond acceptors (Lipinski definition) is 11. The molecule has 288 valence electrons. The molecule has 0 aliphatic carbocycles. The second kappa shape index (κ2) is 14.2. The van der Waals surface area contributed by atoms with Crippen molar-refractivity contribution in [1.29, 1.82) is 0 Å². The van der Waals surface area contributed by atoms with Crippen molar-refractivity contribution in [2.24, 2.45) is 0 Å². The van der Waals surface area contributed by atoms with Crippen LogP contribution in [-0.2, 0) is 19.5 Å². The van der Waals surface area contributed by atoms with Crippen LogP contribution in [0.3, 0.4) is 0 Å². The number of carbonyl (C=O) groups excluding carboxylic acids is 3. The number of nitrogens with one attached hydrogen (secondary N) is 3. The minimum Gasteiger partial charge on any atom is -0.444 e. The third-order valence-electron chi connectivity index (χ3n) is 9.07. The summed E-state index contributed by atoms with van der Waals surface area (Å²) in [5, 5.41) is 10.9. The van der Waals surface area contributed by atoms with E-state index < -0.39 is 33.4 Å². The Kier molecular flexibility index (Phi) is 10.2. The second-order valence-electron chi connectivity index (χ2n) is 16.2. The van der Waals surface area contributed by atoms with Gasteiger partial charge >= 0.3 is 12.2 Å². The van der Waals surface area contributed by atoms with Crippen molar-refractivity contribution in [2.45, 2.75) is 97.1 Å². The van der Waals surface area contributed by atoms with Gasteiger partial charge in [-0.2, -0.15) is 9.61 Å². The first-order valence-corrected chi connectivity index (χ1v) is 19.9. The second-order valence-corrected chi connectivity index (χ2v) is 18.0. The number of amides is 3. The lowest BCUT2D eigenvalue weighted by Gasteiger charge is -2.43. The fourth-order valence-electron chi connectivity index (χ4n) is 6.74. The van der Waals surface area contributed by atoms with Gasteiger partial charge in [0.1, 0.15) is 22.8 Å². The predicted octanol–water partition coefficient (Wildman–Crippen LogP) is 4.20. The summed E-state index contributed by atoms with van der Waals surface area (Å²) in [6.45, 7) is 15.4. The van der Waals surface area contributed by atoms with Crippen molar-refractivity contribution in [3.63, 3.8) is 0 Å². The molecule has 0 bridgehead atoms. The van der Waals surface area contributed by atoms with E-state index in [1.807, 2.05) is 60.6 Å². The molecule has 0 spiro atoms. The number of likely N-dealkylation sites (tertiary alicyclic amines) is 1. The van der Waals surface area contributed by atoms with Crippen LogP contribution in [-0.4, -0.2) is 108 Å². The lowest BCUT2D eigenvalue weighted by molar-refractivity contribution is 0.0484. The molecule has 0 unspecified atom stereocenters. The number of ether oxygens (including phenoxy) is 2. The fraction of sp³-hybridized carbons (Fsp3) is 0.583. The summed E-state index contributed by atoms with van der Waals surface area (Å²) in [6, 6.07) is 8.34. The maximum Gasteiger partial charge on any atom is 0.407 e. The number of anilines is 3. The van der Waals surface area contributed by atoms with Gasteiger partial charge in [-0.05, 0) is 79.9 Å². The Morgan fingerprint density at radius 2 is 1.45 bits per heavy atom. The van der Waals surface area contributed by atoms with Crippen molar-refractivity contribution in [1.82, 2.24) is 30.1 Å². The minimum absolute atomic E-state index is 0.108. The van der Waals surface area contributed by atoms with E-state index in [9.17, 15) is 22.8 Å². The van der Waals surface area contributed by atoms with Crippen LogP contribution in [0.2, 0.25) is 0 Å². The van der Waals surface area contributed by atoms with Gasteiger partial charge in [0.25, 0.3) is 5.91 Å². The Morgan fingerprint density at radius 3 is 2.04 bits per heavy atom. The first kappa shape index (κ1) is 37.9. The zero-order chi connectivity index (χ0) is 38.5. The summed E-state index contributed by atoms with van der Waals surface area (Å²) in [6.07, 6.45) is 2.49. The first-order chi connectivity index (χ1) is 24.7. The van der Waals surface area contributed by atoms with E-state index in [0.717, 1.165) is 30.5 Å². The summed E-state index contributed by atoms with van der Waals surface area (Å²) in [4.78, 5) is 50.0. The average Bonchev–Trinajstić information content (AvgIpc) is 3.42. The molecule has 3 amide bonds. The Balaban J connectivity index is 1.28. The Morgan fingerprint density at radius 1 is 0.849 bits per heavy atom. The first-order valence-electron chi connectivity index (χ1n) is 18.0. The predicted molar refractivity (Wildman–Crippen MR) is 201 cm³/mol. The molecule has 3 aromatic rings. The molecular weight excluding hydrogens is 703 g/mol. The molecule has 17 heteroatoms. The molecule has 3 aliphatic heterocycles. The number of fused-ring (bicyclic) bond motifs is 1. The molecule has 16 nitrogen and oxygen atoms in total. The molecule has 1 aromatic carbocycles. The summed E-state index contributed by atoms with van der Waals surface area (Å²) < 4.78 is 39.5. The van der Waals surface area contributed by atoms with Crippen molar-refractivity contribution in [3.8, 4) is 0 Å². The Hall–Kier alpha value is -4.80. The van der Waals surface area contributed by atoms with Crippen LogP contribution in [0.5, 0.6) is 0 Å². The van der Waals surface area contributed by atoms with E-state index in [1.54, 1.807) is 27.6 Å². The third-order valence-corrected chi connectivity index (χ3v) is 9.66. The molecule has 3 aliphatic rings. The van der Waals surface area contributed by atoms with Gasteiger partial charge in [0.05, 0.1) is 41.3 Å². The molecule has 1 atom stereocenters. The molecule has 3 saturated heterocycles. The largest absolute Gasteiger partial charge is 0.444 e. The molecule has 2 aromatic heterocycles. The molecule has 5 heterocycles. The van der Waals surface area contributed by atoms with Gasteiger partial charge in [0.15, 0.2) is 5.65 Å². The summed E-state index contributed by atoms with van der Waals surface area (Å²) >= 11 is 0. The highest BCUT2D eigenvalue weighted by Crippen LogP contribution is 2.36. The van der Waals surface area contributed by atoms with Crippen LogP contribution in [0.4, 0.5) is 26.9 Å².